The molecular formula is C21H23N7O. The number of ether oxygens (including phenoxy) is 1. The first-order valence-corrected chi connectivity index (χ1v) is 9.71. The van der Waals surface area contributed by atoms with Crippen LogP contribution in [-0.2, 0) is 11.8 Å². The van der Waals surface area contributed by atoms with Gasteiger partial charge in [0.25, 0.3) is 0 Å². The van der Waals surface area contributed by atoms with E-state index in [0.717, 1.165) is 46.7 Å². The molecular weight excluding hydrogens is 366 g/mol. The van der Waals surface area contributed by atoms with Crippen molar-refractivity contribution in [2.45, 2.75) is 31.9 Å². The summed E-state index contributed by atoms with van der Waals surface area (Å²) < 4.78 is 9.27. The summed E-state index contributed by atoms with van der Waals surface area (Å²) >= 11 is 0. The number of fused-ring (bicyclic) bond motifs is 1. The van der Waals surface area contributed by atoms with E-state index in [-0.39, 0.29) is 0 Å². The molecule has 1 aliphatic carbocycles. The Balaban J connectivity index is 1.65. The highest BCUT2D eigenvalue weighted by atomic mass is 16.5. The smallest absolute Gasteiger partial charge is 0.218 e. The van der Waals surface area contributed by atoms with Gasteiger partial charge in [-0.1, -0.05) is 0 Å². The van der Waals surface area contributed by atoms with E-state index >= 15 is 0 Å². The third-order valence-corrected chi connectivity index (χ3v) is 5.67. The molecule has 0 atom stereocenters. The molecule has 4 aromatic heterocycles. The van der Waals surface area contributed by atoms with Crippen molar-refractivity contribution in [2.75, 3.05) is 12.4 Å². The number of aromatic nitrogens is 6. The summed E-state index contributed by atoms with van der Waals surface area (Å²) in [5, 5.41) is 8.38. The normalized spacial score (nSPS) is 18.7. The molecule has 0 spiro atoms. The van der Waals surface area contributed by atoms with Crippen molar-refractivity contribution < 1.29 is 4.74 Å². The first-order chi connectivity index (χ1) is 14.1. The van der Waals surface area contributed by atoms with Crippen LogP contribution in [0.2, 0.25) is 0 Å². The van der Waals surface area contributed by atoms with Crippen molar-refractivity contribution in [2.24, 2.45) is 7.05 Å². The average molecular weight is 389 g/mol. The lowest BCUT2D eigenvalue weighted by Crippen LogP contribution is -2.40. The lowest BCUT2D eigenvalue weighted by atomic mass is 9.89. The van der Waals surface area contributed by atoms with Gasteiger partial charge in [-0.15, -0.1) is 5.10 Å². The maximum atomic E-state index is 5.43. The maximum Gasteiger partial charge on any atom is 0.218 e. The number of anilines is 1. The van der Waals surface area contributed by atoms with E-state index in [2.05, 4.69) is 28.4 Å². The Morgan fingerprint density at radius 2 is 1.97 bits per heavy atom. The van der Waals surface area contributed by atoms with E-state index < -0.39 is 0 Å². The van der Waals surface area contributed by atoms with Gasteiger partial charge in [-0.2, -0.15) is 0 Å². The second-order valence-corrected chi connectivity index (χ2v) is 7.51. The van der Waals surface area contributed by atoms with E-state index in [0.29, 0.717) is 18.0 Å². The minimum Gasteiger partial charge on any atom is -0.381 e. The highest BCUT2D eigenvalue weighted by Crippen LogP contribution is 2.34. The van der Waals surface area contributed by atoms with Gasteiger partial charge in [0.15, 0.2) is 11.6 Å². The summed E-state index contributed by atoms with van der Waals surface area (Å²) in [4.78, 5) is 13.4. The molecule has 4 aromatic rings. The maximum absolute atomic E-state index is 5.43. The van der Waals surface area contributed by atoms with Crippen LogP contribution in [0, 0.1) is 6.92 Å². The SMILES string of the molecule is CO[C@H]1C[C@H](Nc2nc(-c3nccn3C)nn3cc(-c4ccncc4)c(C)c23)C1. The Morgan fingerprint density at radius 1 is 1.17 bits per heavy atom. The quantitative estimate of drug-likeness (QED) is 0.565. The van der Waals surface area contributed by atoms with Crippen LogP contribution < -0.4 is 5.32 Å². The monoisotopic (exact) mass is 389 g/mol. The molecule has 0 radical (unpaired) electrons. The van der Waals surface area contributed by atoms with E-state index in [1.165, 1.54) is 0 Å². The number of aryl methyl sites for hydroxylation is 2. The Labute approximate surface area is 168 Å². The first-order valence-electron chi connectivity index (χ1n) is 9.71. The van der Waals surface area contributed by atoms with Crippen molar-refractivity contribution >= 4 is 11.3 Å². The fourth-order valence-electron chi connectivity index (χ4n) is 3.90. The summed E-state index contributed by atoms with van der Waals surface area (Å²) in [6.45, 7) is 2.11. The molecule has 8 heteroatoms. The molecule has 4 heterocycles. The molecule has 1 saturated carbocycles. The van der Waals surface area contributed by atoms with Crippen molar-refractivity contribution in [1.82, 2.24) is 29.1 Å². The molecule has 0 aromatic carbocycles. The number of rotatable bonds is 5. The molecule has 0 aliphatic heterocycles. The van der Waals surface area contributed by atoms with Gasteiger partial charge >= 0.3 is 0 Å². The van der Waals surface area contributed by atoms with Gasteiger partial charge in [-0.25, -0.2) is 14.5 Å². The minimum absolute atomic E-state index is 0.319. The Kier molecular flexibility index (Phi) is 4.28. The number of nitrogens with one attached hydrogen (secondary N) is 1. The molecule has 0 unspecified atom stereocenters. The van der Waals surface area contributed by atoms with Gasteiger partial charge in [0.1, 0.15) is 5.52 Å². The molecule has 1 aliphatic rings. The number of nitrogens with zero attached hydrogens (tertiary/aromatic N) is 6. The van der Waals surface area contributed by atoms with Crippen LogP contribution >= 0.6 is 0 Å². The molecule has 29 heavy (non-hydrogen) atoms. The van der Waals surface area contributed by atoms with Crippen molar-refractivity contribution in [3.05, 3.63) is 48.7 Å². The van der Waals surface area contributed by atoms with Gasteiger partial charge in [-0.3, -0.25) is 4.98 Å². The van der Waals surface area contributed by atoms with Crippen LogP contribution in [0.1, 0.15) is 18.4 Å². The lowest BCUT2D eigenvalue weighted by molar-refractivity contribution is 0.0328. The zero-order chi connectivity index (χ0) is 20.0. The molecule has 1 N–H and O–H groups in total. The van der Waals surface area contributed by atoms with E-state index in [1.54, 1.807) is 25.7 Å². The zero-order valence-electron chi connectivity index (χ0n) is 16.7. The van der Waals surface area contributed by atoms with E-state index in [9.17, 15) is 0 Å². The third kappa shape index (κ3) is 3.05. The fourth-order valence-corrected chi connectivity index (χ4v) is 3.90. The lowest BCUT2D eigenvalue weighted by Gasteiger charge is -2.35. The van der Waals surface area contributed by atoms with Crippen molar-refractivity contribution in [3.63, 3.8) is 0 Å². The molecule has 0 bridgehead atoms. The molecule has 148 valence electrons. The first kappa shape index (κ1) is 17.8. The largest absolute Gasteiger partial charge is 0.381 e. The summed E-state index contributed by atoms with van der Waals surface area (Å²) in [7, 11) is 3.71. The van der Waals surface area contributed by atoms with Crippen LogP contribution in [0.25, 0.3) is 28.3 Å². The second-order valence-electron chi connectivity index (χ2n) is 7.51. The minimum atomic E-state index is 0.319. The predicted octanol–water partition coefficient (Wildman–Crippen LogP) is 3.09. The van der Waals surface area contributed by atoms with Gasteiger partial charge in [0.2, 0.25) is 5.82 Å². The van der Waals surface area contributed by atoms with Crippen LogP contribution in [0.5, 0.6) is 0 Å². The second kappa shape index (κ2) is 6.97. The van der Waals surface area contributed by atoms with Crippen LogP contribution in [0.4, 0.5) is 5.82 Å². The number of pyridine rings is 1. The van der Waals surface area contributed by atoms with E-state index in [1.807, 2.05) is 34.5 Å². The topological polar surface area (TPSA) is 82.2 Å². The Hall–Kier alpha value is -3.26. The molecule has 8 nitrogen and oxygen atoms in total. The number of hydrogen-bond acceptors (Lipinski definition) is 6. The third-order valence-electron chi connectivity index (χ3n) is 5.67. The highest BCUT2D eigenvalue weighted by molar-refractivity contribution is 5.83. The van der Waals surface area contributed by atoms with E-state index in [4.69, 9.17) is 14.8 Å². The van der Waals surface area contributed by atoms with Gasteiger partial charge < -0.3 is 14.6 Å². The van der Waals surface area contributed by atoms with Crippen LogP contribution in [-0.4, -0.2) is 48.4 Å². The van der Waals surface area contributed by atoms with Crippen molar-refractivity contribution in [1.29, 1.82) is 0 Å². The van der Waals surface area contributed by atoms with Crippen LogP contribution in [0.15, 0.2) is 43.1 Å². The van der Waals surface area contributed by atoms with Gasteiger partial charge in [-0.05, 0) is 43.0 Å². The predicted molar refractivity (Wildman–Crippen MR) is 111 cm³/mol. The molecule has 0 amide bonds. The molecule has 5 rings (SSSR count). The number of methoxy groups -OCH3 is 1. The summed E-state index contributed by atoms with van der Waals surface area (Å²) in [6, 6.07) is 4.36. The summed E-state index contributed by atoms with van der Waals surface area (Å²) in [6.07, 6.45) is 11.6. The Bertz CT molecular complexity index is 1160. The zero-order valence-corrected chi connectivity index (χ0v) is 16.7. The fraction of sp³-hybridized carbons (Fsp3) is 0.333. The highest BCUT2D eigenvalue weighted by Gasteiger charge is 2.30. The van der Waals surface area contributed by atoms with Gasteiger partial charge in [0.05, 0.1) is 6.10 Å². The average Bonchev–Trinajstić information content (AvgIpc) is 3.28. The summed E-state index contributed by atoms with van der Waals surface area (Å²) in [5.74, 6) is 2.15. The van der Waals surface area contributed by atoms with Crippen LogP contribution in [0.3, 0.4) is 0 Å². The van der Waals surface area contributed by atoms with Gasteiger partial charge in [0, 0.05) is 56.7 Å². The van der Waals surface area contributed by atoms with Crippen molar-refractivity contribution in [3.8, 4) is 22.8 Å². The standard InChI is InChI=1S/C21H23N7O/c1-13-17(14-4-6-22-7-5-14)12-28-18(13)19(24-15-10-16(11-15)29-3)25-20(26-28)21-23-8-9-27(21)2/h4-9,12,15-16H,10-11H2,1-3H3,(H,24,25,26)/t15-,16-. The number of imidazole rings is 1. The molecule has 1 fully saturated rings. The Morgan fingerprint density at radius 3 is 2.66 bits per heavy atom. The molecule has 0 saturated heterocycles. The number of hydrogen-bond donors (Lipinski definition) is 1. The summed E-state index contributed by atoms with van der Waals surface area (Å²) in [5.41, 5.74) is 4.34.